The molecule has 0 radical (unpaired) electrons. The molecule has 1 fully saturated rings. The number of hydrogen-bond acceptors (Lipinski definition) is 5. The lowest BCUT2D eigenvalue weighted by Gasteiger charge is -2.34. The van der Waals surface area contributed by atoms with Crippen LogP contribution in [0.25, 0.3) is 10.9 Å². The van der Waals surface area contributed by atoms with Crippen molar-refractivity contribution in [2.24, 2.45) is 7.05 Å². The van der Waals surface area contributed by atoms with Crippen LogP contribution in [0.5, 0.6) is 0 Å². The van der Waals surface area contributed by atoms with Crippen molar-refractivity contribution in [3.8, 4) is 0 Å². The van der Waals surface area contributed by atoms with E-state index in [2.05, 4.69) is 4.98 Å². The Bertz CT molecular complexity index is 1520. The number of aromatic amines is 1. The van der Waals surface area contributed by atoms with E-state index < -0.39 is 10.0 Å². The fourth-order valence-corrected chi connectivity index (χ4v) is 6.44. The fourth-order valence-electron chi connectivity index (χ4n) is 4.77. The molecule has 1 amide bonds. The number of hydrogen-bond donors (Lipinski definition) is 1. The van der Waals surface area contributed by atoms with Crippen LogP contribution >= 0.6 is 12.2 Å². The van der Waals surface area contributed by atoms with Crippen molar-refractivity contribution in [1.29, 1.82) is 0 Å². The molecule has 0 atom stereocenters. The number of carbonyl (C=O) groups excluding carboxylic acids is 1. The molecule has 10 heteroatoms. The van der Waals surface area contributed by atoms with Gasteiger partial charge < -0.3 is 9.88 Å². The van der Waals surface area contributed by atoms with Gasteiger partial charge in [-0.1, -0.05) is 6.07 Å². The smallest absolute Gasteiger partial charge is 0.261 e. The van der Waals surface area contributed by atoms with Gasteiger partial charge in [-0.25, -0.2) is 8.42 Å². The number of sulfonamides is 1. The number of rotatable bonds is 3. The minimum atomic E-state index is -3.61. The average Bonchev–Trinajstić information content (AvgIpc) is 2.86. The van der Waals surface area contributed by atoms with Crippen molar-refractivity contribution in [2.45, 2.75) is 30.6 Å². The molecule has 8 nitrogen and oxygen atoms in total. The summed E-state index contributed by atoms with van der Waals surface area (Å²) >= 11 is 5.17. The van der Waals surface area contributed by atoms with Gasteiger partial charge in [0.2, 0.25) is 10.0 Å². The highest BCUT2D eigenvalue weighted by Crippen LogP contribution is 2.26. The summed E-state index contributed by atoms with van der Waals surface area (Å²) in [7, 11) is -2.02. The van der Waals surface area contributed by atoms with E-state index in [4.69, 9.17) is 12.2 Å². The van der Waals surface area contributed by atoms with Crippen LogP contribution in [-0.4, -0.2) is 59.3 Å². The number of nitrogens with zero attached hydrogens (tertiary/aromatic N) is 3. The first kappa shape index (κ1) is 22.9. The van der Waals surface area contributed by atoms with Gasteiger partial charge in [0, 0.05) is 38.8 Å². The van der Waals surface area contributed by atoms with Crippen LogP contribution in [0.4, 0.5) is 0 Å². The van der Waals surface area contributed by atoms with Gasteiger partial charge in [-0.05, 0) is 79.4 Å². The number of amides is 1. The van der Waals surface area contributed by atoms with Crippen LogP contribution < -0.4 is 5.56 Å². The molecule has 3 aromatic rings. The van der Waals surface area contributed by atoms with E-state index >= 15 is 0 Å². The fraction of sp³-hybridized carbons (Fsp3) is 0.375. The Morgan fingerprint density at radius 3 is 2.41 bits per heavy atom. The molecule has 0 bridgehead atoms. The van der Waals surface area contributed by atoms with E-state index in [9.17, 15) is 18.0 Å². The largest absolute Gasteiger partial charge is 0.336 e. The number of piperazine rings is 1. The molecule has 1 aliphatic carbocycles. The number of aromatic nitrogens is 2. The van der Waals surface area contributed by atoms with Crippen LogP contribution in [0.3, 0.4) is 0 Å². The van der Waals surface area contributed by atoms with Gasteiger partial charge in [-0.3, -0.25) is 14.2 Å². The van der Waals surface area contributed by atoms with E-state index in [1.54, 1.807) is 36.2 Å². The second-order valence-corrected chi connectivity index (χ2v) is 11.2. The molecular formula is C24H26N4O4S2. The van der Waals surface area contributed by atoms with Crippen LogP contribution in [0.2, 0.25) is 0 Å². The van der Waals surface area contributed by atoms with E-state index in [0.717, 1.165) is 31.2 Å². The Labute approximate surface area is 202 Å². The molecule has 0 spiro atoms. The lowest BCUT2D eigenvalue weighted by atomic mass is 9.92. The zero-order valence-electron chi connectivity index (χ0n) is 18.9. The molecule has 0 unspecified atom stereocenters. The minimum absolute atomic E-state index is 0.201. The van der Waals surface area contributed by atoms with Crippen molar-refractivity contribution in [1.82, 2.24) is 18.8 Å². The first-order valence-corrected chi connectivity index (χ1v) is 13.2. The molecule has 178 valence electrons. The first-order valence-electron chi connectivity index (χ1n) is 11.4. The standard InChI is InChI=1S/C24H26N4O4S2/c1-26-23(30)20-9-7-18(15-21(20)25-24(26)33)22(29)27-10-12-28(13-11-27)34(31,32)19-8-6-16-4-2-3-5-17(16)14-19/h6-9,14-15H,2-5,10-13H2,1H3,(H,25,33). The van der Waals surface area contributed by atoms with Gasteiger partial charge in [-0.2, -0.15) is 4.31 Å². The van der Waals surface area contributed by atoms with Crippen LogP contribution in [-0.2, 0) is 29.9 Å². The predicted molar refractivity (Wildman–Crippen MR) is 132 cm³/mol. The highest BCUT2D eigenvalue weighted by Gasteiger charge is 2.31. The summed E-state index contributed by atoms with van der Waals surface area (Å²) in [5, 5.41) is 0.452. The number of carbonyl (C=O) groups is 1. The number of fused-ring (bicyclic) bond motifs is 2. The molecule has 1 aliphatic heterocycles. The molecule has 1 aromatic heterocycles. The maximum absolute atomic E-state index is 13.2. The summed E-state index contributed by atoms with van der Waals surface area (Å²) in [6.45, 7) is 1.07. The molecule has 2 aromatic carbocycles. The third kappa shape index (κ3) is 3.99. The normalized spacial score (nSPS) is 17.0. The zero-order valence-corrected chi connectivity index (χ0v) is 20.5. The van der Waals surface area contributed by atoms with Crippen LogP contribution in [0.1, 0.15) is 34.3 Å². The Hall–Kier alpha value is -2.82. The third-order valence-corrected chi connectivity index (χ3v) is 9.10. The lowest BCUT2D eigenvalue weighted by Crippen LogP contribution is -2.50. The van der Waals surface area contributed by atoms with E-state index in [1.807, 2.05) is 12.1 Å². The van der Waals surface area contributed by atoms with Crippen LogP contribution in [0, 0.1) is 4.77 Å². The highest BCUT2D eigenvalue weighted by molar-refractivity contribution is 7.89. The number of aryl methyl sites for hydroxylation is 2. The maximum atomic E-state index is 13.2. The Kier molecular flexibility index (Phi) is 5.91. The van der Waals surface area contributed by atoms with Crippen molar-refractivity contribution in [2.75, 3.05) is 26.2 Å². The SMILES string of the molecule is Cn1c(=S)[nH]c2cc(C(=O)N3CCN(S(=O)(=O)c4ccc5c(c4)CCCC5)CC3)ccc2c1=O. The summed E-state index contributed by atoms with van der Waals surface area (Å²) in [6, 6.07) is 10.3. The Morgan fingerprint density at radius 2 is 1.68 bits per heavy atom. The summed E-state index contributed by atoms with van der Waals surface area (Å²) in [5.74, 6) is -0.201. The van der Waals surface area contributed by atoms with Gasteiger partial charge >= 0.3 is 0 Å². The third-order valence-electron chi connectivity index (χ3n) is 6.83. The van der Waals surface area contributed by atoms with Crippen molar-refractivity contribution in [3.05, 3.63) is 68.2 Å². The molecule has 1 N–H and O–H groups in total. The molecule has 5 rings (SSSR count). The van der Waals surface area contributed by atoms with Crippen molar-refractivity contribution >= 4 is 39.1 Å². The molecule has 1 saturated heterocycles. The average molecular weight is 499 g/mol. The topological polar surface area (TPSA) is 95.5 Å². The maximum Gasteiger partial charge on any atom is 0.261 e. The summed E-state index contributed by atoms with van der Waals surface area (Å²) in [6.07, 6.45) is 4.16. The van der Waals surface area contributed by atoms with Crippen LogP contribution in [0.15, 0.2) is 46.1 Å². The number of nitrogens with one attached hydrogen (secondary N) is 1. The Balaban J connectivity index is 1.32. The van der Waals surface area contributed by atoms with Gasteiger partial charge in [0.25, 0.3) is 11.5 Å². The molecular weight excluding hydrogens is 472 g/mol. The Morgan fingerprint density at radius 1 is 0.971 bits per heavy atom. The second-order valence-electron chi connectivity index (χ2n) is 8.89. The summed E-state index contributed by atoms with van der Waals surface area (Å²) in [4.78, 5) is 30.4. The summed E-state index contributed by atoms with van der Waals surface area (Å²) in [5.41, 5.74) is 3.09. The van der Waals surface area contributed by atoms with Gasteiger partial charge in [-0.15, -0.1) is 0 Å². The molecule has 2 heterocycles. The molecule has 0 saturated carbocycles. The quantitative estimate of drug-likeness (QED) is 0.560. The van der Waals surface area contributed by atoms with Gasteiger partial charge in [0.15, 0.2) is 4.77 Å². The molecule has 2 aliphatic rings. The highest BCUT2D eigenvalue weighted by atomic mass is 32.2. The van der Waals surface area contributed by atoms with Gasteiger partial charge in [0.05, 0.1) is 15.8 Å². The van der Waals surface area contributed by atoms with Crippen molar-refractivity contribution in [3.63, 3.8) is 0 Å². The van der Waals surface area contributed by atoms with Gasteiger partial charge in [0.1, 0.15) is 0 Å². The number of H-pyrrole nitrogens is 1. The van der Waals surface area contributed by atoms with Crippen molar-refractivity contribution < 1.29 is 13.2 Å². The lowest BCUT2D eigenvalue weighted by molar-refractivity contribution is 0.0698. The molecule has 34 heavy (non-hydrogen) atoms. The van der Waals surface area contributed by atoms with E-state index in [0.29, 0.717) is 34.5 Å². The minimum Gasteiger partial charge on any atom is -0.336 e. The summed E-state index contributed by atoms with van der Waals surface area (Å²) < 4.78 is 29.6. The van der Waals surface area contributed by atoms with E-state index in [-0.39, 0.29) is 29.3 Å². The monoisotopic (exact) mass is 498 g/mol. The second kappa shape index (κ2) is 8.75. The predicted octanol–water partition coefficient (Wildman–Crippen LogP) is 2.62. The number of benzene rings is 2. The zero-order chi connectivity index (χ0) is 24.0. The first-order chi connectivity index (χ1) is 16.3. The van der Waals surface area contributed by atoms with E-state index in [1.165, 1.54) is 14.4 Å².